The van der Waals surface area contributed by atoms with Crippen molar-refractivity contribution in [1.82, 2.24) is 9.71 Å². The van der Waals surface area contributed by atoms with E-state index in [2.05, 4.69) is 25.6 Å². The van der Waals surface area contributed by atoms with Gasteiger partial charge < -0.3 is 0 Å². The number of hydrogen-bond acceptors (Lipinski definition) is 4. The smallest absolute Gasteiger partial charge is 0.261 e. The van der Waals surface area contributed by atoms with Gasteiger partial charge in [0.2, 0.25) is 0 Å². The van der Waals surface area contributed by atoms with Crippen LogP contribution >= 0.6 is 15.9 Å². The summed E-state index contributed by atoms with van der Waals surface area (Å²) in [6.07, 6.45) is 4.04. The highest BCUT2D eigenvalue weighted by Gasteiger charge is 2.22. The van der Waals surface area contributed by atoms with Gasteiger partial charge in [-0.05, 0) is 55.3 Å². The van der Waals surface area contributed by atoms with Crippen molar-refractivity contribution in [3.63, 3.8) is 0 Å². The molecule has 0 saturated heterocycles. The van der Waals surface area contributed by atoms with Gasteiger partial charge in [0.1, 0.15) is 4.60 Å². The molecule has 112 valence electrons. The largest absolute Gasteiger partial charge is 0.360 e. The molecule has 0 spiro atoms. The zero-order valence-electron chi connectivity index (χ0n) is 12.0. The van der Waals surface area contributed by atoms with Crippen molar-refractivity contribution < 1.29 is 12.6 Å². The molecule has 0 fully saturated rings. The molecule has 0 aromatic carbocycles. The summed E-state index contributed by atoms with van der Waals surface area (Å²) in [4.78, 5) is 4.09. The van der Waals surface area contributed by atoms with E-state index in [4.69, 9.17) is 4.18 Å². The van der Waals surface area contributed by atoms with Gasteiger partial charge in [0.15, 0.2) is 0 Å². The van der Waals surface area contributed by atoms with Crippen molar-refractivity contribution in [3.8, 4) is 0 Å². The summed E-state index contributed by atoms with van der Waals surface area (Å²) < 4.78 is 32.1. The van der Waals surface area contributed by atoms with Gasteiger partial charge in [-0.15, -0.1) is 0 Å². The molecule has 20 heavy (non-hydrogen) atoms. The van der Waals surface area contributed by atoms with E-state index < -0.39 is 15.9 Å². The standard InChI is InChI=1S/C13H19BrN2O3S/c1-5-6-11(10-7-8-12(14)15-9-10)16-20(17,18)19-13(2,3)4/h6-9,16H,5H2,1-4H3. The summed E-state index contributed by atoms with van der Waals surface area (Å²) in [7, 11) is -3.88. The number of allylic oxidation sites excluding steroid dienone is 1. The molecular weight excluding hydrogens is 344 g/mol. The molecule has 0 aliphatic rings. The van der Waals surface area contributed by atoms with Crippen molar-refractivity contribution in [2.75, 3.05) is 0 Å². The van der Waals surface area contributed by atoms with Gasteiger partial charge in [-0.2, -0.15) is 8.42 Å². The van der Waals surface area contributed by atoms with Crippen molar-refractivity contribution >= 4 is 31.9 Å². The van der Waals surface area contributed by atoms with Crippen molar-refractivity contribution in [2.24, 2.45) is 0 Å². The van der Waals surface area contributed by atoms with E-state index in [1.807, 2.05) is 6.92 Å². The summed E-state index contributed by atoms with van der Waals surface area (Å²) in [6.45, 7) is 6.95. The van der Waals surface area contributed by atoms with Crippen LogP contribution in [0.3, 0.4) is 0 Å². The second-order valence-electron chi connectivity index (χ2n) is 5.15. The molecule has 0 bridgehead atoms. The van der Waals surface area contributed by atoms with Gasteiger partial charge in [-0.1, -0.05) is 13.0 Å². The Balaban J connectivity index is 3.00. The molecule has 7 heteroatoms. The maximum Gasteiger partial charge on any atom is 0.360 e. The normalized spacial score (nSPS) is 13.3. The predicted molar refractivity (Wildman–Crippen MR) is 83.1 cm³/mol. The summed E-state index contributed by atoms with van der Waals surface area (Å²) in [6, 6.07) is 3.52. The van der Waals surface area contributed by atoms with E-state index in [0.717, 1.165) is 0 Å². The number of aromatic nitrogens is 1. The Hall–Kier alpha value is -0.920. The highest BCUT2D eigenvalue weighted by atomic mass is 79.9. The SMILES string of the molecule is CCC=C(NS(=O)(=O)OC(C)(C)C)c1ccc(Br)nc1. The Bertz CT molecular complexity index is 575. The van der Waals surface area contributed by atoms with E-state index in [1.54, 1.807) is 45.2 Å². The van der Waals surface area contributed by atoms with Crippen LogP contribution in [0.2, 0.25) is 0 Å². The molecule has 1 aromatic heterocycles. The summed E-state index contributed by atoms with van der Waals surface area (Å²) in [5, 5.41) is 0. The number of halogens is 1. The minimum atomic E-state index is -3.88. The number of nitrogens with zero attached hydrogens (tertiary/aromatic N) is 1. The van der Waals surface area contributed by atoms with Crippen molar-refractivity contribution in [2.45, 2.75) is 39.7 Å². The molecule has 0 atom stereocenters. The van der Waals surface area contributed by atoms with Crippen LogP contribution in [0.5, 0.6) is 0 Å². The van der Waals surface area contributed by atoms with Crippen LogP contribution in [0.1, 0.15) is 39.7 Å². The maximum absolute atomic E-state index is 12.0. The zero-order chi connectivity index (χ0) is 15.4. The van der Waals surface area contributed by atoms with Crippen molar-refractivity contribution in [1.29, 1.82) is 0 Å². The number of nitrogens with one attached hydrogen (secondary N) is 1. The second-order valence-corrected chi connectivity index (χ2v) is 7.24. The lowest BCUT2D eigenvalue weighted by atomic mass is 10.2. The summed E-state index contributed by atoms with van der Waals surface area (Å²) in [5.74, 6) is 0. The average Bonchev–Trinajstić information content (AvgIpc) is 2.25. The van der Waals surface area contributed by atoms with E-state index >= 15 is 0 Å². The third-order valence-electron chi connectivity index (χ3n) is 2.04. The molecule has 1 aromatic rings. The molecular formula is C13H19BrN2O3S. The monoisotopic (exact) mass is 362 g/mol. The van der Waals surface area contributed by atoms with E-state index in [9.17, 15) is 8.42 Å². The Labute approximate surface area is 128 Å². The Morgan fingerprint density at radius 1 is 1.45 bits per heavy atom. The van der Waals surface area contributed by atoms with E-state index in [-0.39, 0.29) is 0 Å². The third-order valence-corrected chi connectivity index (χ3v) is 3.70. The van der Waals surface area contributed by atoms with Crippen LogP contribution in [-0.2, 0) is 14.5 Å². The number of hydrogen-bond donors (Lipinski definition) is 1. The van der Waals surface area contributed by atoms with Gasteiger partial charge in [-0.25, -0.2) is 9.17 Å². The van der Waals surface area contributed by atoms with Gasteiger partial charge in [0.25, 0.3) is 0 Å². The van der Waals surface area contributed by atoms with E-state index in [1.165, 1.54) is 0 Å². The predicted octanol–water partition coefficient (Wildman–Crippen LogP) is 3.24. The van der Waals surface area contributed by atoms with E-state index in [0.29, 0.717) is 22.3 Å². The van der Waals surface area contributed by atoms with Crippen LogP contribution < -0.4 is 4.72 Å². The van der Waals surface area contributed by atoms with Gasteiger partial charge in [0.05, 0.1) is 11.3 Å². The quantitative estimate of drug-likeness (QED) is 0.816. The number of pyridine rings is 1. The Morgan fingerprint density at radius 3 is 2.55 bits per heavy atom. The molecule has 0 aliphatic carbocycles. The first-order chi connectivity index (χ1) is 9.13. The van der Waals surface area contributed by atoms with Gasteiger partial charge in [0, 0.05) is 11.8 Å². The fourth-order valence-corrected chi connectivity index (χ4v) is 2.85. The van der Waals surface area contributed by atoms with Crippen LogP contribution in [0.4, 0.5) is 0 Å². The molecule has 1 N–H and O–H groups in total. The topological polar surface area (TPSA) is 68.3 Å². The summed E-state index contributed by atoms with van der Waals surface area (Å²) in [5.41, 5.74) is 0.342. The molecule has 0 radical (unpaired) electrons. The van der Waals surface area contributed by atoms with Crippen LogP contribution in [0.15, 0.2) is 29.0 Å². The highest BCUT2D eigenvalue weighted by molar-refractivity contribution is 9.10. The fraction of sp³-hybridized carbons (Fsp3) is 0.462. The third kappa shape index (κ3) is 6.02. The molecule has 1 heterocycles. The van der Waals surface area contributed by atoms with Crippen LogP contribution in [-0.4, -0.2) is 19.0 Å². The molecule has 0 amide bonds. The second kappa shape index (κ2) is 6.69. The minimum Gasteiger partial charge on any atom is -0.261 e. The first-order valence-corrected chi connectivity index (χ1v) is 8.38. The van der Waals surface area contributed by atoms with Crippen molar-refractivity contribution in [3.05, 3.63) is 34.6 Å². The first kappa shape index (κ1) is 17.1. The lowest BCUT2D eigenvalue weighted by Gasteiger charge is -2.20. The van der Waals surface area contributed by atoms with Crippen LogP contribution in [0.25, 0.3) is 5.70 Å². The first-order valence-electron chi connectivity index (χ1n) is 6.18. The zero-order valence-corrected chi connectivity index (χ0v) is 14.4. The maximum atomic E-state index is 12.0. The fourth-order valence-electron chi connectivity index (χ4n) is 1.44. The molecule has 0 aliphatic heterocycles. The molecule has 0 unspecified atom stereocenters. The molecule has 1 rings (SSSR count). The minimum absolute atomic E-state index is 0.455. The van der Waals surface area contributed by atoms with Gasteiger partial charge >= 0.3 is 10.3 Å². The summed E-state index contributed by atoms with van der Waals surface area (Å²) >= 11 is 3.24. The molecule has 5 nitrogen and oxygen atoms in total. The molecule has 0 saturated carbocycles. The Morgan fingerprint density at radius 2 is 2.10 bits per heavy atom. The lowest BCUT2D eigenvalue weighted by Crippen LogP contribution is -2.32. The Kier molecular flexibility index (Phi) is 5.73. The number of rotatable bonds is 5. The lowest BCUT2D eigenvalue weighted by molar-refractivity contribution is 0.138. The highest BCUT2D eigenvalue weighted by Crippen LogP contribution is 2.17. The average molecular weight is 363 g/mol. The van der Waals surface area contributed by atoms with Gasteiger partial charge in [-0.3, -0.25) is 4.72 Å². The van der Waals surface area contributed by atoms with Crippen LogP contribution in [0, 0.1) is 0 Å².